The molecule has 5 rings (SSSR count). The Morgan fingerprint density at radius 1 is 0.881 bits per heavy atom. The Kier molecular flexibility index (Phi) is 8.89. The van der Waals surface area contributed by atoms with E-state index in [1.54, 1.807) is 28.4 Å². The standard InChI is InChI=1S/C30H36N6O6/c1-38-23-11-9-20(25(14-23)40-3)16-35(17-21-10-12-24(39-2)15-26(21)41-4)28-27-29(32-18-31-28)36(34-33-27)22-8-6-7-19(13-22)30(37)42-5/h9-12,14-15,18-19,22H,6-8,13,16-17H2,1-5H3. The largest absolute Gasteiger partial charge is 0.497 e. The van der Waals surface area contributed by atoms with Gasteiger partial charge in [-0.2, -0.15) is 0 Å². The zero-order valence-corrected chi connectivity index (χ0v) is 24.6. The van der Waals surface area contributed by atoms with Crippen molar-refractivity contribution in [1.82, 2.24) is 25.0 Å². The Bertz CT molecular complexity index is 1480. The summed E-state index contributed by atoms with van der Waals surface area (Å²) in [5.41, 5.74) is 3.04. The molecule has 0 bridgehead atoms. The van der Waals surface area contributed by atoms with Crippen LogP contribution < -0.4 is 23.8 Å². The van der Waals surface area contributed by atoms with Gasteiger partial charge in [0.1, 0.15) is 29.3 Å². The molecule has 2 heterocycles. The first-order valence-electron chi connectivity index (χ1n) is 13.8. The van der Waals surface area contributed by atoms with E-state index in [2.05, 4.69) is 25.2 Å². The molecule has 12 heteroatoms. The fraction of sp³-hybridized carbons (Fsp3) is 0.433. The molecule has 0 spiro atoms. The highest BCUT2D eigenvalue weighted by atomic mass is 16.5. The van der Waals surface area contributed by atoms with Crippen molar-refractivity contribution in [2.24, 2.45) is 5.92 Å². The zero-order chi connectivity index (χ0) is 29.6. The monoisotopic (exact) mass is 576 g/mol. The molecule has 2 atom stereocenters. The summed E-state index contributed by atoms with van der Waals surface area (Å²) in [7, 11) is 7.94. The Hall–Kier alpha value is -4.61. The molecule has 1 aliphatic carbocycles. The van der Waals surface area contributed by atoms with E-state index in [9.17, 15) is 4.79 Å². The minimum Gasteiger partial charge on any atom is -0.497 e. The molecule has 1 saturated carbocycles. The number of carbonyl (C=O) groups excluding carboxylic acids is 1. The lowest BCUT2D eigenvalue weighted by atomic mass is 9.86. The Morgan fingerprint density at radius 3 is 2.10 bits per heavy atom. The average molecular weight is 577 g/mol. The summed E-state index contributed by atoms with van der Waals surface area (Å²) in [5.74, 6) is 3.02. The van der Waals surface area contributed by atoms with Gasteiger partial charge in [-0.15, -0.1) is 5.10 Å². The van der Waals surface area contributed by atoms with Crippen molar-refractivity contribution in [2.45, 2.75) is 44.8 Å². The molecule has 2 aromatic heterocycles. The minimum atomic E-state index is -0.188. The third-order valence-electron chi connectivity index (χ3n) is 7.78. The number of benzene rings is 2. The molecule has 0 N–H and O–H groups in total. The highest BCUT2D eigenvalue weighted by Crippen LogP contribution is 2.36. The number of nitrogens with zero attached hydrogens (tertiary/aromatic N) is 6. The molecule has 12 nitrogen and oxygen atoms in total. The third-order valence-corrected chi connectivity index (χ3v) is 7.78. The molecule has 0 saturated heterocycles. The van der Waals surface area contributed by atoms with Gasteiger partial charge in [0.15, 0.2) is 17.0 Å². The fourth-order valence-corrected chi connectivity index (χ4v) is 5.58. The third kappa shape index (κ3) is 5.88. The number of esters is 1. The van der Waals surface area contributed by atoms with Crippen LogP contribution in [0.2, 0.25) is 0 Å². The van der Waals surface area contributed by atoms with E-state index in [4.69, 9.17) is 23.7 Å². The fourth-order valence-electron chi connectivity index (χ4n) is 5.58. The van der Waals surface area contributed by atoms with Crippen LogP contribution in [0.25, 0.3) is 11.2 Å². The van der Waals surface area contributed by atoms with E-state index in [0.29, 0.717) is 59.5 Å². The van der Waals surface area contributed by atoms with Crippen LogP contribution in [0, 0.1) is 5.92 Å². The van der Waals surface area contributed by atoms with Gasteiger partial charge in [-0.3, -0.25) is 4.79 Å². The van der Waals surface area contributed by atoms with Crippen molar-refractivity contribution in [3.63, 3.8) is 0 Å². The number of fused-ring (bicyclic) bond motifs is 1. The Balaban J connectivity index is 1.56. The van der Waals surface area contributed by atoms with Crippen LogP contribution in [0.1, 0.15) is 42.9 Å². The lowest BCUT2D eigenvalue weighted by molar-refractivity contribution is -0.147. The maximum absolute atomic E-state index is 12.3. The summed E-state index contributed by atoms with van der Waals surface area (Å²) >= 11 is 0. The second-order valence-corrected chi connectivity index (χ2v) is 10.2. The van der Waals surface area contributed by atoms with Gasteiger partial charge in [-0.25, -0.2) is 14.6 Å². The van der Waals surface area contributed by atoms with Crippen LogP contribution >= 0.6 is 0 Å². The summed E-state index contributed by atoms with van der Waals surface area (Å²) < 4.78 is 29.1. The number of carbonyl (C=O) groups is 1. The van der Waals surface area contributed by atoms with E-state index in [1.165, 1.54) is 13.4 Å². The van der Waals surface area contributed by atoms with Gasteiger partial charge in [0.2, 0.25) is 0 Å². The number of hydrogen-bond donors (Lipinski definition) is 0. The summed E-state index contributed by atoms with van der Waals surface area (Å²) in [6.07, 6.45) is 4.73. The highest BCUT2D eigenvalue weighted by Gasteiger charge is 2.31. The van der Waals surface area contributed by atoms with Gasteiger partial charge in [-0.05, 0) is 43.5 Å². The second kappa shape index (κ2) is 12.9. The molecular weight excluding hydrogens is 540 g/mol. The predicted octanol–water partition coefficient (Wildman–Crippen LogP) is 4.37. The van der Waals surface area contributed by atoms with Crippen LogP contribution in [0.3, 0.4) is 0 Å². The van der Waals surface area contributed by atoms with Gasteiger partial charge < -0.3 is 28.6 Å². The van der Waals surface area contributed by atoms with Crippen LogP contribution in [0.5, 0.6) is 23.0 Å². The molecule has 0 radical (unpaired) electrons. The van der Waals surface area contributed by atoms with Crippen molar-refractivity contribution in [3.05, 3.63) is 53.9 Å². The van der Waals surface area contributed by atoms with Gasteiger partial charge >= 0.3 is 5.97 Å². The molecule has 2 aromatic carbocycles. The quantitative estimate of drug-likeness (QED) is 0.237. The smallest absolute Gasteiger partial charge is 0.308 e. The topological polar surface area (TPSA) is 123 Å². The van der Waals surface area contributed by atoms with E-state index in [1.807, 2.05) is 41.1 Å². The van der Waals surface area contributed by atoms with Gasteiger partial charge in [-0.1, -0.05) is 11.6 Å². The molecule has 2 unspecified atom stereocenters. The summed E-state index contributed by atoms with van der Waals surface area (Å²) in [6.45, 7) is 0.879. The van der Waals surface area contributed by atoms with E-state index >= 15 is 0 Å². The summed E-state index contributed by atoms with van der Waals surface area (Å²) in [6, 6.07) is 11.4. The van der Waals surface area contributed by atoms with Crippen LogP contribution in [0.15, 0.2) is 42.7 Å². The minimum absolute atomic E-state index is 0.0209. The SMILES string of the molecule is COC(=O)C1CCCC(n2nnc3c(N(Cc4ccc(OC)cc4OC)Cc4ccc(OC)cc4OC)ncnc32)C1. The molecule has 222 valence electrons. The van der Waals surface area contributed by atoms with E-state index < -0.39 is 0 Å². The van der Waals surface area contributed by atoms with Crippen molar-refractivity contribution in [3.8, 4) is 23.0 Å². The normalized spacial score (nSPS) is 16.6. The maximum atomic E-state index is 12.3. The summed E-state index contributed by atoms with van der Waals surface area (Å²) in [4.78, 5) is 23.6. The van der Waals surface area contributed by atoms with Crippen LogP contribution in [-0.2, 0) is 22.6 Å². The lowest BCUT2D eigenvalue weighted by Crippen LogP contribution is -2.26. The van der Waals surface area contributed by atoms with E-state index in [0.717, 1.165) is 30.4 Å². The van der Waals surface area contributed by atoms with Crippen LogP contribution in [0.4, 0.5) is 5.82 Å². The van der Waals surface area contributed by atoms with E-state index in [-0.39, 0.29) is 17.9 Å². The molecule has 0 aliphatic heterocycles. The Morgan fingerprint density at radius 2 is 1.52 bits per heavy atom. The van der Waals surface area contributed by atoms with Gasteiger partial charge in [0, 0.05) is 36.3 Å². The van der Waals surface area contributed by atoms with Gasteiger partial charge in [0.05, 0.1) is 47.5 Å². The number of ether oxygens (including phenoxy) is 5. The highest BCUT2D eigenvalue weighted by molar-refractivity contribution is 5.83. The maximum Gasteiger partial charge on any atom is 0.308 e. The molecular formula is C30H36N6O6. The molecule has 1 fully saturated rings. The van der Waals surface area contributed by atoms with Crippen molar-refractivity contribution in [2.75, 3.05) is 40.4 Å². The number of rotatable bonds is 11. The Labute approximate surface area is 244 Å². The first-order valence-corrected chi connectivity index (χ1v) is 13.8. The molecule has 4 aromatic rings. The predicted molar refractivity (Wildman–Crippen MR) is 155 cm³/mol. The zero-order valence-electron chi connectivity index (χ0n) is 24.6. The van der Waals surface area contributed by atoms with Crippen molar-refractivity contribution >= 4 is 23.0 Å². The molecule has 1 aliphatic rings. The number of hydrogen-bond acceptors (Lipinski definition) is 11. The van der Waals surface area contributed by atoms with Gasteiger partial charge in [0.25, 0.3) is 0 Å². The summed E-state index contributed by atoms with van der Waals surface area (Å²) in [5, 5.41) is 9.07. The van der Waals surface area contributed by atoms with Crippen molar-refractivity contribution < 1.29 is 28.5 Å². The van der Waals surface area contributed by atoms with Crippen molar-refractivity contribution in [1.29, 1.82) is 0 Å². The number of anilines is 1. The van der Waals surface area contributed by atoms with Crippen LogP contribution in [-0.4, -0.2) is 66.5 Å². The second-order valence-electron chi connectivity index (χ2n) is 10.2. The molecule has 0 amide bonds. The molecule has 42 heavy (non-hydrogen) atoms. The first-order chi connectivity index (χ1) is 20.5. The average Bonchev–Trinajstić information content (AvgIpc) is 3.49. The number of methoxy groups -OCH3 is 5. The lowest BCUT2D eigenvalue weighted by Gasteiger charge is -2.27. The first kappa shape index (κ1) is 28.9. The number of aromatic nitrogens is 5.